The van der Waals surface area contributed by atoms with Crippen LogP contribution in [0.25, 0.3) is 0 Å². The number of thiophene rings is 1. The summed E-state index contributed by atoms with van der Waals surface area (Å²) in [5, 5.41) is 7.83. The van der Waals surface area contributed by atoms with E-state index < -0.39 is 21.9 Å². The third-order valence-electron chi connectivity index (χ3n) is 4.34. The van der Waals surface area contributed by atoms with Crippen LogP contribution < -0.4 is 10.0 Å². The van der Waals surface area contributed by atoms with Gasteiger partial charge in [0.05, 0.1) is 12.7 Å². The van der Waals surface area contributed by atoms with Gasteiger partial charge < -0.3 is 14.6 Å². The maximum absolute atomic E-state index is 12.9. The van der Waals surface area contributed by atoms with Crippen LogP contribution in [-0.2, 0) is 14.8 Å². The van der Waals surface area contributed by atoms with Crippen LogP contribution in [0.5, 0.6) is 0 Å². The Labute approximate surface area is 187 Å². The first-order valence-electron chi connectivity index (χ1n) is 8.78. The van der Waals surface area contributed by atoms with E-state index in [4.69, 9.17) is 20.9 Å². The van der Waals surface area contributed by atoms with Crippen LogP contribution in [0.2, 0.25) is 5.02 Å². The van der Waals surface area contributed by atoms with Gasteiger partial charge in [0.15, 0.2) is 0 Å². The van der Waals surface area contributed by atoms with E-state index in [0.29, 0.717) is 28.1 Å². The van der Waals surface area contributed by atoms with Gasteiger partial charge in [-0.05, 0) is 55.5 Å². The van der Waals surface area contributed by atoms with Crippen molar-refractivity contribution in [2.45, 2.75) is 25.7 Å². The number of methoxy groups -OCH3 is 1. The normalized spacial score (nSPS) is 11.3. The number of carbonyl (C=O) groups is 2. The van der Waals surface area contributed by atoms with E-state index in [1.54, 1.807) is 32.9 Å². The summed E-state index contributed by atoms with van der Waals surface area (Å²) >= 11 is 6.94. The van der Waals surface area contributed by atoms with Crippen LogP contribution in [0.3, 0.4) is 0 Å². The molecule has 0 saturated heterocycles. The quantitative estimate of drug-likeness (QED) is 0.504. The first-order chi connectivity index (χ1) is 14.5. The van der Waals surface area contributed by atoms with Crippen LogP contribution in [0.15, 0.2) is 33.0 Å². The molecule has 3 aromatic rings. The van der Waals surface area contributed by atoms with Crippen molar-refractivity contribution in [1.29, 1.82) is 0 Å². The van der Waals surface area contributed by atoms with Gasteiger partial charge in [-0.3, -0.25) is 4.79 Å². The number of halogens is 1. The van der Waals surface area contributed by atoms with Gasteiger partial charge in [0.25, 0.3) is 21.8 Å². The van der Waals surface area contributed by atoms with Crippen molar-refractivity contribution in [3.8, 4) is 0 Å². The second kappa shape index (κ2) is 8.69. The molecule has 2 aromatic heterocycles. The first kappa shape index (κ1) is 22.8. The Balaban J connectivity index is 1.89. The molecule has 0 bridgehead atoms. The molecule has 9 nitrogen and oxygen atoms in total. The largest absolute Gasteiger partial charge is 0.465 e. The summed E-state index contributed by atoms with van der Waals surface area (Å²) in [4.78, 5) is 24.4. The minimum absolute atomic E-state index is 0.0294. The highest BCUT2D eigenvalue weighted by Crippen LogP contribution is 2.31. The molecule has 31 heavy (non-hydrogen) atoms. The average molecular weight is 484 g/mol. The number of carbonyl (C=O) groups excluding carboxylic acids is 2. The predicted molar refractivity (Wildman–Crippen MR) is 117 cm³/mol. The summed E-state index contributed by atoms with van der Waals surface area (Å²) in [5.41, 5.74) is 2.38. The molecule has 2 N–H and O–H groups in total. The van der Waals surface area contributed by atoms with Crippen molar-refractivity contribution in [2.24, 2.45) is 0 Å². The molecule has 0 aliphatic rings. The summed E-state index contributed by atoms with van der Waals surface area (Å²) in [6, 6.07) is 4.46. The number of hydrogen-bond donors (Lipinski definition) is 2. The number of rotatable bonds is 6. The number of benzene rings is 1. The molecular weight excluding hydrogens is 466 g/mol. The van der Waals surface area contributed by atoms with Crippen molar-refractivity contribution in [3.63, 3.8) is 0 Å². The third kappa shape index (κ3) is 4.58. The standard InChI is InChI=1S/C19H18ClN3O6S2/c1-9-7-12(19(25)28-4)8-10(2)15(9)21-17(24)16-13(5-6-30-16)31(26,27)23-18-14(20)11(3)22-29-18/h5-8,23H,1-4H3,(H,21,24). The number of esters is 1. The Kier molecular flexibility index (Phi) is 6.39. The van der Waals surface area contributed by atoms with Crippen LogP contribution in [0.1, 0.15) is 36.9 Å². The molecule has 0 unspecified atom stereocenters. The molecule has 3 rings (SSSR count). The number of hydrogen-bond acceptors (Lipinski definition) is 8. The van der Waals surface area contributed by atoms with Crippen molar-refractivity contribution in [1.82, 2.24) is 5.16 Å². The second-order valence-corrected chi connectivity index (χ2v) is 9.51. The molecule has 0 radical (unpaired) electrons. The zero-order valence-corrected chi connectivity index (χ0v) is 19.3. The Bertz CT molecular complexity index is 1260. The van der Waals surface area contributed by atoms with Gasteiger partial charge in [0.1, 0.15) is 20.5 Å². The molecule has 2 heterocycles. The minimum Gasteiger partial charge on any atom is -0.465 e. The Morgan fingerprint density at radius 2 is 1.84 bits per heavy atom. The topological polar surface area (TPSA) is 128 Å². The lowest BCUT2D eigenvalue weighted by molar-refractivity contribution is 0.0600. The highest BCUT2D eigenvalue weighted by molar-refractivity contribution is 7.93. The molecule has 0 aliphatic heterocycles. The molecule has 0 aliphatic carbocycles. The Morgan fingerprint density at radius 3 is 2.39 bits per heavy atom. The number of ether oxygens (including phenoxy) is 1. The van der Waals surface area contributed by atoms with E-state index in [-0.39, 0.29) is 20.7 Å². The lowest BCUT2D eigenvalue weighted by Gasteiger charge is -2.13. The van der Waals surface area contributed by atoms with Gasteiger partial charge in [0, 0.05) is 5.69 Å². The van der Waals surface area contributed by atoms with Crippen molar-refractivity contribution < 1.29 is 27.3 Å². The lowest BCUT2D eigenvalue weighted by atomic mass is 10.0. The smallest absolute Gasteiger partial charge is 0.337 e. The van der Waals surface area contributed by atoms with E-state index in [2.05, 4.69) is 15.2 Å². The first-order valence-corrected chi connectivity index (χ1v) is 11.5. The van der Waals surface area contributed by atoms with Gasteiger partial charge >= 0.3 is 5.97 Å². The summed E-state index contributed by atoms with van der Waals surface area (Å²) in [6.45, 7) is 5.00. The van der Waals surface area contributed by atoms with Crippen molar-refractivity contribution in [2.75, 3.05) is 17.1 Å². The zero-order chi connectivity index (χ0) is 22.9. The predicted octanol–water partition coefficient (Wildman–Crippen LogP) is 4.15. The summed E-state index contributed by atoms with van der Waals surface area (Å²) < 4.78 is 37.4. The summed E-state index contributed by atoms with van der Waals surface area (Å²) in [5.74, 6) is -1.35. The minimum atomic E-state index is -4.17. The van der Waals surface area contributed by atoms with Gasteiger partial charge in [-0.1, -0.05) is 16.8 Å². The third-order valence-corrected chi connectivity index (χ3v) is 7.20. The highest BCUT2D eigenvalue weighted by atomic mass is 35.5. The van der Waals surface area contributed by atoms with E-state index in [1.165, 1.54) is 18.6 Å². The molecule has 0 saturated carbocycles. The van der Waals surface area contributed by atoms with E-state index in [9.17, 15) is 18.0 Å². The van der Waals surface area contributed by atoms with Crippen LogP contribution in [0.4, 0.5) is 11.6 Å². The molecule has 1 aromatic carbocycles. The van der Waals surface area contributed by atoms with Gasteiger partial charge in [-0.15, -0.1) is 11.3 Å². The van der Waals surface area contributed by atoms with E-state index >= 15 is 0 Å². The van der Waals surface area contributed by atoms with Gasteiger partial charge in [-0.25, -0.2) is 17.9 Å². The van der Waals surface area contributed by atoms with Crippen molar-refractivity contribution >= 4 is 56.4 Å². The number of nitrogens with one attached hydrogen (secondary N) is 2. The molecule has 0 fully saturated rings. The maximum Gasteiger partial charge on any atom is 0.337 e. The number of nitrogens with zero attached hydrogens (tertiary/aromatic N) is 1. The molecule has 12 heteroatoms. The van der Waals surface area contributed by atoms with E-state index in [0.717, 1.165) is 11.3 Å². The second-order valence-electron chi connectivity index (χ2n) is 6.56. The fourth-order valence-electron chi connectivity index (χ4n) is 2.84. The number of amides is 1. The highest BCUT2D eigenvalue weighted by Gasteiger charge is 2.27. The van der Waals surface area contributed by atoms with Crippen LogP contribution in [-0.4, -0.2) is 32.6 Å². The molecular formula is C19H18ClN3O6S2. The van der Waals surface area contributed by atoms with Crippen molar-refractivity contribution in [3.05, 3.63) is 55.9 Å². The molecule has 164 valence electrons. The number of aromatic nitrogens is 1. The monoisotopic (exact) mass is 483 g/mol. The Morgan fingerprint density at radius 1 is 1.19 bits per heavy atom. The molecule has 1 amide bonds. The SMILES string of the molecule is COC(=O)c1cc(C)c(NC(=O)c2sccc2S(=O)(=O)Nc2onc(C)c2Cl)c(C)c1. The summed E-state index contributed by atoms with van der Waals surface area (Å²) in [6.07, 6.45) is 0. The summed E-state index contributed by atoms with van der Waals surface area (Å²) in [7, 11) is -2.89. The van der Waals surface area contributed by atoms with E-state index in [1.807, 2.05) is 0 Å². The number of aryl methyl sites for hydroxylation is 3. The maximum atomic E-state index is 12.9. The average Bonchev–Trinajstić information content (AvgIpc) is 3.33. The molecule has 0 spiro atoms. The fraction of sp³-hybridized carbons (Fsp3) is 0.211. The Hall–Kier alpha value is -2.89. The zero-order valence-electron chi connectivity index (χ0n) is 16.9. The number of sulfonamides is 1. The fourth-order valence-corrected chi connectivity index (χ4v) is 5.33. The number of anilines is 2. The lowest BCUT2D eigenvalue weighted by Crippen LogP contribution is -2.19. The van der Waals surface area contributed by atoms with Gasteiger partial charge in [-0.2, -0.15) is 0 Å². The van der Waals surface area contributed by atoms with Crippen LogP contribution >= 0.6 is 22.9 Å². The molecule has 0 atom stereocenters. The van der Waals surface area contributed by atoms with Crippen LogP contribution in [0, 0.1) is 20.8 Å². The van der Waals surface area contributed by atoms with Gasteiger partial charge in [0.2, 0.25) is 0 Å².